The zero-order valence-corrected chi connectivity index (χ0v) is 10.9. The summed E-state index contributed by atoms with van der Waals surface area (Å²) >= 11 is 0. The number of hydrogen-bond donors (Lipinski definition) is 1. The zero-order valence-electron chi connectivity index (χ0n) is 10.9. The molecule has 1 spiro atoms. The van der Waals surface area contributed by atoms with Crippen LogP contribution in [-0.2, 0) is 0 Å². The third-order valence-corrected chi connectivity index (χ3v) is 4.29. The summed E-state index contributed by atoms with van der Waals surface area (Å²) in [6.07, 6.45) is 5.70. The molecule has 1 aliphatic carbocycles. The quantitative estimate of drug-likeness (QED) is 0.886. The van der Waals surface area contributed by atoms with E-state index in [4.69, 9.17) is 10.5 Å². The first kappa shape index (κ1) is 11.8. The molecule has 18 heavy (non-hydrogen) atoms. The number of nitrogens with two attached hydrogens (primary N) is 1. The van der Waals surface area contributed by atoms with Gasteiger partial charge in [0, 0.05) is 36.8 Å². The number of anilines is 1. The molecule has 98 valence electrons. The Morgan fingerprint density at radius 3 is 2.72 bits per heavy atom. The van der Waals surface area contributed by atoms with E-state index >= 15 is 0 Å². The third kappa shape index (κ3) is 2.19. The lowest BCUT2D eigenvalue weighted by molar-refractivity contribution is 0.221. The van der Waals surface area contributed by atoms with Gasteiger partial charge in [-0.15, -0.1) is 0 Å². The van der Waals surface area contributed by atoms with Crippen molar-refractivity contribution >= 4 is 5.69 Å². The van der Waals surface area contributed by atoms with Crippen LogP contribution in [0.15, 0.2) is 24.3 Å². The highest BCUT2D eigenvalue weighted by Gasteiger charge is 2.44. The van der Waals surface area contributed by atoms with E-state index in [-0.39, 0.29) is 0 Å². The minimum absolute atomic E-state index is 0.567. The SMILES string of the molecule is NCCOc1cccc(N2CC3(CCCC3)C2)c1. The summed E-state index contributed by atoms with van der Waals surface area (Å²) in [6.45, 7) is 3.62. The van der Waals surface area contributed by atoms with Gasteiger partial charge in [-0.25, -0.2) is 0 Å². The second-order valence-electron chi connectivity index (χ2n) is 5.70. The number of rotatable bonds is 4. The van der Waals surface area contributed by atoms with Crippen LogP contribution in [0, 0.1) is 5.41 Å². The number of benzene rings is 1. The molecule has 0 amide bonds. The summed E-state index contributed by atoms with van der Waals surface area (Å²) in [7, 11) is 0. The third-order valence-electron chi connectivity index (χ3n) is 4.29. The Labute approximate surface area is 109 Å². The Hall–Kier alpha value is -1.22. The van der Waals surface area contributed by atoms with E-state index in [1.807, 2.05) is 6.07 Å². The molecular formula is C15H22N2O. The lowest BCUT2D eigenvalue weighted by atomic mass is 9.78. The average molecular weight is 246 g/mol. The van der Waals surface area contributed by atoms with E-state index in [0.717, 1.165) is 5.75 Å². The topological polar surface area (TPSA) is 38.5 Å². The largest absolute Gasteiger partial charge is 0.492 e. The Kier molecular flexibility index (Phi) is 3.16. The minimum Gasteiger partial charge on any atom is -0.492 e. The maximum absolute atomic E-state index is 5.58. The average Bonchev–Trinajstić information content (AvgIpc) is 2.84. The van der Waals surface area contributed by atoms with Gasteiger partial charge >= 0.3 is 0 Å². The van der Waals surface area contributed by atoms with Crippen molar-refractivity contribution in [1.29, 1.82) is 0 Å². The number of ether oxygens (including phenoxy) is 1. The van der Waals surface area contributed by atoms with Crippen LogP contribution in [-0.4, -0.2) is 26.2 Å². The van der Waals surface area contributed by atoms with Crippen LogP contribution in [0.1, 0.15) is 25.7 Å². The Balaban J connectivity index is 1.63. The lowest BCUT2D eigenvalue weighted by Crippen LogP contribution is -2.55. The molecule has 3 rings (SSSR count). The fourth-order valence-electron chi connectivity index (χ4n) is 3.33. The van der Waals surface area contributed by atoms with Crippen LogP contribution in [0.5, 0.6) is 5.75 Å². The van der Waals surface area contributed by atoms with Gasteiger partial charge in [0.25, 0.3) is 0 Å². The fraction of sp³-hybridized carbons (Fsp3) is 0.600. The Morgan fingerprint density at radius 1 is 1.22 bits per heavy atom. The van der Waals surface area contributed by atoms with Gasteiger partial charge in [0.2, 0.25) is 0 Å². The van der Waals surface area contributed by atoms with Crippen molar-refractivity contribution in [2.24, 2.45) is 11.1 Å². The fourth-order valence-corrected chi connectivity index (χ4v) is 3.33. The van der Waals surface area contributed by atoms with Gasteiger partial charge in [-0.1, -0.05) is 18.9 Å². The standard InChI is InChI=1S/C15H22N2O/c16-8-9-18-14-5-3-4-13(10-14)17-11-15(12-17)6-1-2-7-15/h3-5,10H,1-2,6-9,11-12,16H2. The van der Waals surface area contributed by atoms with Crippen molar-refractivity contribution in [2.75, 3.05) is 31.1 Å². The van der Waals surface area contributed by atoms with Crippen LogP contribution in [0.25, 0.3) is 0 Å². The summed E-state index contributed by atoms with van der Waals surface area (Å²) in [6, 6.07) is 8.39. The Morgan fingerprint density at radius 2 is 2.00 bits per heavy atom. The van der Waals surface area contributed by atoms with Gasteiger partial charge in [-0.3, -0.25) is 0 Å². The monoisotopic (exact) mass is 246 g/mol. The first-order valence-corrected chi connectivity index (χ1v) is 6.99. The molecule has 0 atom stereocenters. The van der Waals surface area contributed by atoms with Crippen molar-refractivity contribution in [1.82, 2.24) is 0 Å². The molecule has 2 N–H and O–H groups in total. The van der Waals surface area contributed by atoms with E-state index in [1.165, 1.54) is 44.5 Å². The molecule has 1 saturated heterocycles. The molecule has 2 fully saturated rings. The molecular weight excluding hydrogens is 224 g/mol. The van der Waals surface area contributed by atoms with Gasteiger partial charge < -0.3 is 15.4 Å². The predicted molar refractivity (Wildman–Crippen MR) is 74.1 cm³/mol. The van der Waals surface area contributed by atoms with Crippen molar-refractivity contribution in [3.8, 4) is 5.75 Å². The molecule has 0 unspecified atom stereocenters. The Bertz CT molecular complexity index is 405. The highest BCUT2D eigenvalue weighted by molar-refractivity contribution is 5.53. The summed E-state index contributed by atoms with van der Waals surface area (Å²) in [4.78, 5) is 2.47. The van der Waals surface area contributed by atoms with Gasteiger partial charge in [0.1, 0.15) is 12.4 Å². The second-order valence-corrected chi connectivity index (χ2v) is 5.70. The van der Waals surface area contributed by atoms with Crippen LogP contribution >= 0.6 is 0 Å². The summed E-state index contributed by atoms with van der Waals surface area (Å²) in [5, 5.41) is 0. The second kappa shape index (κ2) is 4.81. The molecule has 1 aromatic carbocycles. The first-order chi connectivity index (χ1) is 8.81. The smallest absolute Gasteiger partial charge is 0.121 e. The number of nitrogens with zero attached hydrogens (tertiary/aromatic N) is 1. The van der Waals surface area contributed by atoms with Gasteiger partial charge in [-0.05, 0) is 25.0 Å². The van der Waals surface area contributed by atoms with Gasteiger partial charge in [-0.2, -0.15) is 0 Å². The highest BCUT2D eigenvalue weighted by Crippen LogP contribution is 2.47. The number of hydrogen-bond acceptors (Lipinski definition) is 3. The zero-order chi connectivity index (χ0) is 12.4. The predicted octanol–water partition coefficient (Wildman–Crippen LogP) is 2.40. The summed E-state index contributed by atoms with van der Waals surface area (Å²) in [5.74, 6) is 0.935. The molecule has 1 aromatic rings. The lowest BCUT2D eigenvalue weighted by Gasteiger charge is -2.49. The van der Waals surface area contributed by atoms with Crippen LogP contribution in [0.4, 0.5) is 5.69 Å². The molecule has 1 aliphatic heterocycles. The first-order valence-electron chi connectivity index (χ1n) is 6.99. The van der Waals surface area contributed by atoms with Crippen molar-refractivity contribution in [3.05, 3.63) is 24.3 Å². The maximum Gasteiger partial charge on any atom is 0.121 e. The highest BCUT2D eigenvalue weighted by atomic mass is 16.5. The van der Waals surface area contributed by atoms with E-state index in [0.29, 0.717) is 18.6 Å². The minimum atomic E-state index is 0.567. The van der Waals surface area contributed by atoms with Crippen LogP contribution in [0.3, 0.4) is 0 Å². The molecule has 0 aromatic heterocycles. The molecule has 2 aliphatic rings. The van der Waals surface area contributed by atoms with E-state index in [2.05, 4.69) is 23.1 Å². The normalized spacial score (nSPS) is 21.1. The van der Waals surface area contributed by atoms with Gasteiger partial charge in [0.15, 0.2) is 0 Å². The molecule has 0 bridgehead atoms. The van der Waals surface area contributed by atoms with E-state index < -0.39 is 0 Å². The van der Waals surface area contributed by atoms with E-state index in [1.54, 1.807) is 0 Å². The van der Waals surface area contributed by atoms with Crippen molar-refractivity contribution in [2.45, 2.75) is 25.7 Å². The maximum atomic E-state index is 5.58. The van der Waals surface area contributed by atoms with E-state index in [9.17, 15) is 0 Å². The van der Waals surface area contributed by atoms with Crippen molar-refractivity contribution in [3.63, 3.8) is 0 Å². The van der Waals surface area contributed by atoms with Crippen molar-refractivity contribution < 1.29 is 4.74 Å². The summed E-state index contributed by atoms with van der Waals surface area (Å²) < 4.78 is 5.58. The van der Waals surface area contributed by atoms with Crippen LogP contribution < -0.4 is 15.4 Å². The molecule has 1 saturated carbocycles. The molecule has 0 radical (unpaired) electrons. The molecule has 3 heteroatoms. The van der Waals surface area contributed by atoms with Crippen LogP contribution in [0.2, 0.25) is 0 Å². The van der Waals surface area contributed by atoms with Gasteiger partial charge in [0.05, 0.1) is 0 Å². The molecule has 1 heterocycles. The molecule has 3 nitrogen and oxygen atoms in total. The summed E-state index contributed by atoms with van der Waals surface area (Å²) in [5.41, 5.74) is 7.40.